The van der Waals surface area contributed by atoms with Gasteiger partial charge in [-0.15, -0.1) is 0 Å². The van der Waals surface area contributed by atoms with Crippen molar-refractivity contribution < 1.29 is 23.9 Å². The number of carbonyl (C=O) groups excluding carboxylic acids is 3. The molecule has 37 heavy (non-hydrogen) atoms. The molecule has 0 heterocycles. The number of fused-ring (bicyclic) bond motifs is 1. The Balaban J connectivity index is 1.79. The van der Waals surface area contributed by atoms with Crippen molar-refractivity contribution in [2.45, 2.75) is 84.4 Å². The summed E-state index contributed by atoms with van der Waals surface area (Å²) < 4.78 is 10.8. The SMILES string of the molecule is CCOC(=O)C(CCc1ccccc1)N[C@@H](C)C(=O)N(CC(=O)OC(C)(C)C)c1ccc2c(c1)CCC2. The van der Waals surface area contributed by atoms with Gasteiger partial charge in [0.2, 0.25) is 5.91 Å². The van der Waals surface area contributed by atoms with Crippen LogP contribution in [0.15, 0.2) is 48.5 Å². The van der Waals surface area contributed by atoms with Gasteiger partial charge in [-0.05, 0) is 95.5 Å². The second-order valence-electron chi connectivity index (χ2n) is 10.5. The Hall–Kier alpha value is -3.19. The van der Waals surface area contributed by atoms with Crippen LogP contribution in [0, 0.1) is 0 Å². The van der Waals surface area contributed by atoms with Gasteiger partial charge in [-0.25, -0.2) is 0 Å². The molecule has 2 atom stereocenters. The molecule has 0 aliphatic heterocycles. The lowest BCUT2D eigenvalue weighted by Crippen LogP contribution is -2.52. The first kappa shape index (κ1) is 28.4. The van der Waals surface area contributed by atoms with E-state index in [1.807, 2.05) is 48.5 Å². The highest BCUT2D eigenvalue weighted by Crippen LogP contribution is 2.27. The zero-order chi connectivity index (χ0) is 27.0. The summed E-state index contributed by atoms with van der Waals surface area (Å²) in [6.45, 7) is 8.91. The van der Waals surface area contributed by atoms with Gasteiger partial charge in [-0.1, -0.05) is 36.4 Å². The molecule has 200 valence electrons. The van der Waals surface area contributed by atoms with E-state index in [2.05, 4.69) is 5.32 Å². The average molecular weight is 509 g/mol. The van der Waals surface area contributed by atoms with Gasteiger partial charge >= 0.3 is 11.9 Å². The van der Waals surface area contributed by atoms with Crippen molar-refractivity contribution in [2.24, 2.45) is 0 Å². The van der Waals surface area contributed by atoms with Crippen LogP contribution in [0.2, 0.25) is 0 Å². The quantitative estimate of drug-likeness (QED) is 0.453. The molecule has 2 aromatic carbocycles. The van der Waals surface area contributed by atoms with Gasteiger partial charge in [0.15, 0.2) is 0 Å². The third-order valence-electron chi connectivity index (χ3n) is 6.32. The summed E-state index contributed by atoms with van der Waals surface area (Å²) in [6, 6.07) is 14.4. The van der Waals surface area contributed by atoms with Crippen molar-refractivity contribution in [2.75, 3.05) is 18.1 Å². The minimum absolute atomic E-state index is 0.213. The molecule has 0 radical (unpaired) electrons. The van der Waals surface area contributed by atoms with Gasteiger partial charge in [0.05, 0.1) is 12.6 Å². The number of hydrogen-bond donors (Lipinski definition) is 1. The predicted octanol–water partition coefficient (Wildman–Crippen LogP) is 4.39. The van der Waals surface area contributed by atoms with Crippen molar-refractivity contribution in [3.8, 4) is 0 Å². The summed E-state index contributed by atoms with van der Waals surface area (Å²) in [4.78, 5) is 40.7. The second kappa shape index (κ2) is 12.9. The van der Waals surface area contributed by atoms with Crippen LogP contribution in [0.3, 0.4) is 0 Å². The molecule has 0 aromatic heterocycles. The van der Waals surface area contributed by atoms with Crippen molar-refractivity contribution >= 4 is 23.5 Å². The van der Waals surface area contributed by atoms with E-state index >= 15 is 0 Å². The fraction of sp³-hybridized carbons (Fsp3) is 0.500. The Bertz CT molecular complexity index is 1080. The van der Waals surface area contributed by atoms with E-state index in [-0.39, 0.29) is 19.1 Å². The maximum atomic E-state index is 13.7. The third kappa shape index (κ3) is 8.42. The summed E-state index contributed by atoms with van der Waals surface area (Å²) >= 11 is 0. The third-order valence-corrected chi connectivity index (χ3v) is 6.32. The molecule has 1 amide bonds. The molecule has 3 rings (SSSR count). The molecule has 0 fully saturated rings. The molecule has 1 aliphatic carbocycles. The number of anilines is 1. The van der Waals surface area contributed by atoms with Crippen molar-refractivity contribution in [1.82, 2.24) is 5.32 Å². The molecule has 1 aliphatic rings. The monoisotopic (exact) mass is 508 g/mol. The molecule has 0 spiro atoms. The van der Waals surface area contributed by atoms with Gasteiger partial charge in [0.25, 0.3) is 0 Å². The first-order valence-electron chi connectivity index (χ1n) is 13.2. The lowest BCUT2D eigenvalue weighted by atomic mass is 10.0. The molecular formula is C30H40N2O5. The number of hydrogen-bond acceptors (Lipinski definition) is 6. The minimum Gasteiger partial charge on any atom is -0.465 e. The zero-order valence-corrected chi connectivity index (χ0v) is 22.7. The Kier molecular flexibility index (Phi) is 9.86. The Morgan fingerprint density at radius 3 is 2.41 bits per heavy atom. The molecule has 0 saturated heterocycles. The van der Waals surface area contributed by atoms with Gasteiger partial charge in [0.1, 0.15) is 18.2 Å². The maximum Gasteiger partial charge on any atom is 0.326 e. The number of aryl methyl sites for hydroxylation is 3. The first-order chi connectivity index (χ1) is 17.6. The van der Waals surface area contributed by atoms with Crippen LogP contribution in [0.4, 0.5) is 5.69 Å². The largest absolute Gasteiger partial charge is 0.465 e. The summed E-state index contributed by atoms with van der Waals surface area (Å²) in [5, 5.41) is 3.18. The number of nitrogens with one attached hydrogen (secondary N) is 1. The number of ether oxygens (including phenoxy) is 2. The minimum atomic E-state index is -0.735. The number of benzene rings is 2. The van der Waals surface area contributed by atoms with Crippen LogP contribution in [0.1, 0.15) is 64.2 Å². The van der Waals surface area contributed by atoms with E-state index < -0.39 is 29.6 Å². The van der Waals surface area contributed by atoms with E-state index in [0.29, 0.717) is 18.5 Å². The summed E-state index contributed by atoms with van der Waals surface area (Å²) in [7, 11) is 0. The molecule has 0 saturated carbocycles. The normalized spacial score (nSPS) is 14.4. The Labute approximate surface area is 220 Å². The molecule has 1 N–H and O–H groups in total. The van der Waals surface area contributed by atoms with Crippen LogP contribution in [0.25, 0.3) is 0 Å². The molecule has 2 aromatic rings. The first-order valence-corrected chi connectivity index (χ1v) is 13.2. The molecule has 7 heteroatoms. The highest BCUT2D eigenvalue weighted by atomic mass is 16.6. The van der Waals surface area contributed by atoms with Gasteiger partial charge in [-0.3, -0.25) is 24.6 Å². The van der Waals surface area contributed by atoms with E-state index in [9.17, 15) is 14.4 Å². The van der Waals surface area contributed by atoms with E-state index in [4.69, 9.17) is 9.47 Å². The zero-order valence-electron chi connectivity index (χ0n) is 22.7. The van der Waals surface area contributed by atoms with Crippen molar-refractivity contribution in [1.29, 1.82) is 0 Å². The number of nitrogens with zero attached hydrogens (tertiary/aromatic N) is 1. The van der Waals surface area contributed by atoms with Crippen LogP contribution < -0.4 is 10.2 Å². The lowest BCUT2D eigenvalue weighted by molar-refractivity contribution is -0.154. The molecule has 7 nitrogen and oxygen atoms in total. The highest BCUT2D eigenvalue weighted by molar-refractivity contribution is 6.01. The summed E-state index contributed by atoms with van der Waals surface area (Å²) in [5.41, 5.74) is 3.57. The topological polar surface area (TPSA) is 84.9 Å². The summed E-state index contributed by atoms with van der Waals surface area (Å²) in [5.74, 6) is -1.19. The lowest BCUT2D eigenvalue weighted by Gasteiger charge is -2.29. The van der Waals surface area contributed by atoms with Crippen molar-refractivity contribution in [3.05, 3.63) is 65.2 Å². The maximum absolute atomic E-state index is 13.7. The van der Waals surface area contributed by atoms with Crippen LogP contribution >= 0.6 is 0 Å². The molecule has 0 bridgehead atoms. The standard InChI is InChI=1S/C30H40N2O5/c1-6-36-29(35)26(18-15-22-11-8-7-9-12-22)31-21(2)28(34)32(20-27(33)37-30(3,4)5)25-17-16-23-13-10-14-24(23)19-25/h7-9,11-12,16-17,19,21,26,31H,6,10,13-15,18,20H2,1-5H3/t21-,26?/m0/s1. The van der Waals surface area contributed by atoms with Gasteiger partial charge < -0.3 is 9.47 Å². The van der Waals surface area contributed by atoms with Crippen molar-refractivity contribution in [3.63, 3.8) is 0 Å². The van der Waals surface area contributed by atoms with Gasteiger partial charge in [-0.2, -0.15) is 0 Å². The number of rotatable bonds is 11. The van der Waals surface area contributed by atoms with Crippen LogP contribution in [-0.4, -0.2) is 48.7 Å². The molecule has 1 unspecified atom stereocenters. The van der Waals surface area contributed by atoms with E-state index in [0.717, 1.165) is 24.8 Å². The van der Waals surface area contributed by atoms with Crippen LogP contribution in [-0.2, 0) is 43.1 Å². The predicted molar refractivity (Wildman–Crippen MR) is 144 cm³/mol. The Morgan fingerprint density at radius 1 is 1.03 bits per heavy atom. The van der Waals surface area contributed by atoms with E-state index in [1.165, 1.54) is 16.0 Å². The highest BCUT2D eigenvalue weighted by Gasteiger charge is 2.31. The fourth-order valence-corrected chi connectivity index (χ4v) is 4.60. The Morgan fingerprint density at radius 2 is 1.73 bits per heavy atom. The smallest absolute Gasteiger partial charge is 0.326 e. The van der Waals surface area contributed by atoms with Crippen LogP contribution in [0.5, 0.6) is 0 Å². The average Bonchev–Trinajstić information content (AvgIpc) is 3.32. The number of carbonyl (C=O) groups is 3. The number of amides is 1. The van der Waals surface area contributed by atoms with E-state index in [1.54, 1.807) is 34.6 Å². The summed E-state index contributed by atoms with van der Waals surface area (Å²) in [6.07, 6.45) is 4.20. The fourth-order valence-electron chi connectivity index (χ4n) is 4.60. The van der Waals surface area contributed by atoms with Gasteiger partial charge in [0, 0.05) is 5.69 Å². The molecular weight excluding hydrogens is 468 g/mol. The number of esters is 2. The second-order valence-corrected chi connectivity index (χ2v) is 10.5.